The van der Waals surface area contributed by atoms with Crippen LogP contribution in [0.4, 0.5) is 0 Å². The zero-order chi connectivity index (χ0) is 18.2. The van der Waals surface area contributed by atoms with E-state index in [1.165, 1.54) is 15.6 Å². The maximum Gasteiger partial charge on any atom is 0.252 e. The molecule has 0 radical (unpaired) electrons. The third-order valence-corrected chi connectivity index (χ3v) is 7.88. The number of thioether (sulfide) groups is 1. The van der Waals surface area contributed by atoms with Crippen molar-refractivity contribution in [2.24, 2.45) is 5.73 Å². The van der Waals surface area contributed by atoms with E-state index in [2.05, 4.69) is 5.32 Å². The Labute approximate surface area is 153 Å². The van der Waals surface area contributed by atoms with E-state index in [1.54, 1.807) is 23.9 Å². The van der Waals surface area contributed by atoms with Crippen molar-refractivity contribution in [2.45, 2.75) is 36.9 Å². The average Bonchev–Trinajstić information content (AvgIpc) is 3.03. The molecule has 0 aliphatic heterocycles. The van der Waals surface area contributed by atoms with Crippen LogP contribution in [0, 0.1) is 0 Å². The van der Waals surface area contributed by atoms with E-state index in [9.17, 15) is 13.2 Å². The highest BCUT2D eigenvalue weighted by Crippen LogP contribution is 2.25. The van der Waals surface area contributed by atoms with Crippen LogP contribution < -0.4 is 11.1 Å². The number of rotatable bonds is 11. The number of carbonyl (C=O) groups excluding carboxylic acids is 1. The number of carbonyl (C=O) groups is 1. The van der Waals surface area contributed by atoms with Crippen LogP contribution >= 0.6 is 23.1 Å². The van der Waals surface area contributed by atoms with Crippen LogP contribution in [0.1, 0.15) is 25.1 Å². The molecule has 1 atom stereocenters. The molecule has 0 fully saturated rings. The van der Waals surface area contributed by atoms with Gasteiger partial charge in [0.2, 0.25) is 5.91 Å². The van der Waals surface area contributed by atoms with Crippen molar-refractivity contribution in [3.05, 3.63) is 17.0 Å². The molecule has 138 valence electrons. The third kappa shape index (κ3) is 6.03. The Kier molecular flexibility index (Phi) is 9.28. The summed E-state index contributed by atoms with van der Waals surface area (Å²) in [5.41, 5.74) is 5.80. The van der Waals surface area contributed by atoms with Gasteiger partial charge in [0.05, 0.1) is 6.04 Å². The Hall–Kier alpha value is -0.610. The van der Waals surface area contributed by atoms with Gasteiger partial charge in [-0.1, -0.05) is 13.8 Å². The minimum absolute atomic E-state index is 0.156. The normalized spacial score (nSPS) is 13.2. The quantitative estimate of drug-likeness (QED) is 0.595. The number of hydrogen-bond donors (Lipinski definition) is 2. The fourth-order valence-corrected chi connectivity index (χ4v) is 5.60. The van der Waals surface area contributed by atoms with Gasteiger partial charge < -0.3 is 11.1 Å². The molecule has 0 saturated heterocycles. The third-order valence-electron chi connectivity index (χ3n) is 3.58. The van der Waals surface area contributed by atoms with Gasteiger partial charge >= 0.3 is 0 Å². The summed E-state index contributed by atoms with van der Waals surface area (Å²) in [4.78, 5) is 12.8. The molecular formula is C15H27N3O3S3. The lowest BCUT2D eigenvalue weighted by atomic mass is 10.2. The number of thiophene rings is 1. The minimum atomic E-state index is -3.40. The van der Waals surface area contributed by atoms with Crippen molar-refractivity contribution in [3.63, 3.8) is 0 Å². The van der Waals surface area contributed by atoms with Crippen molar-refractivity contribution < 1.29 is 13.2 Å². The van der Waals surface area contributed by atoms with Gasteiger partial charge in [-0.3, -0.25) is 4.79 Å². The van der Waals surface area contributed by atoms with Crippen LogP contribution in [-0.2, 0) is 21.2 Å². The van der Waals surface area contributed by atoms with Crippen LogP contribution in [0.25, 0.3) is 0 Å². The molecule has 9 heteroatoms. The molecule has 0 aromatic carbocycles. The number of amides is 1. The molecular weight excluding hydrogens is 366 g/mol. The molecule has 0 bridgehead atoms. The van der Waals surface area contributed by atoms with Crippen molar-refractivity contribution in [3.8, 4) is 0 Å². The van der Waals surface area contributed by atoms with E-state index in [0.29, 0.717) is 36.7 Å². The van der Waals surface area contributed by atoms with Crippen LogP contribution in [0.2, 0.25) is 0 Å². The van der Waals surface area contributed by atoms with Crippen molar-refractivity contribution in [2.75, 3.05) is 31.6 Å². The summed E-state index contributed by atoms with van der Waals surface area (Å²) in [5.74, 6) is 0.697. The Bertz CT molecular complexity index is 612. The van der Waals surface area contributed by atoms with Gasteiger partial charge in [-0.25, -0.2) is 8.42 Å². The highest BCUT2D eigenvalue weighted by molar-refractivity contribution is 7.98. The second-order valence-electron chi connectivity index (χ2n) is 5.24. The van der Waals surface area contributed by atoms with Crippen LogP contribution in [0.5, 0.6) is 0 Å². The average molecular weight is 394 g/mol. The molecule has 6 nitrogen and oxygen atoms in total. The number of nitrogens with two attached hydrogens (primary N) is 1. The van der Waals surface area contributed by atoms with Gasteiger partial charge in [0.25, 0.3) is 10.0 Å². The smallest absolute Gasteiger partial charge is 0.252 e. The summed E-state index contributed by atoms with van der Waals surface area (Å²) in [6, 6.07) is 2.96. The predicted molar refractivity (Wildman–Crippen MR) is 102 cm³/mol. The van der Waals surface area contributed by atoms with E-state index in [4.69, 9.17) is 5.73 Å². The first kappa shape index (κ1) is 21.4. The number of hydrogen-bond acceptors (Lipinski definition) is 6. The van der Waals surface area contributed by atoms with Gasteiger partial charge in [-0.2, -0.15) is 16.1 Å². The van der Waals surface area contributed by atoms with Gasteiger partial charge in [0.15, 0.2) is 0 Å². The maximum absolute atomic E-state index is 12.4. The number of sulfonamides is 1. The first-order chi connectivity index (χ1) is 11.4. The van der Waals surface area contributed by atoms with Crippen LogP contribution in [0.3, 0.4) is 0 Å². The largest absolute Gasteiger partial charge is 0.354 e. The van der Waals surface area contributed by atoms with E-state index in [-0.39, 0.29) is 5.91 Å². The van der Waals surface area contributed by atoms with E-state index in [1.807, 2.05) is 20.1 Å². The standard InChI is InChI=1S/C15H27N3O3S3/c1-4-18(5-2)24(20,21)14-7-6-12(23-14)8-10-17-15(19)13(16)9-11-22-3/h6-7,13H,4-5,8-11,16H2,1-3H3,(H,17,19)/t13-/m0/s1. The monoisotopic (exact) mass is 393 g/mol. The highest BCUT2D eigenvalue weighted by Gasteiger charge is 2.23. The molecule has 0 aliphatic carbocycles. The summed E-state index contributed by atoms with van der Waals surface area (Å²) in [5, 5.41) is 2.81. The molecule has 0 aliphatic rings. The second-order valence-corrected chi connectivity index (χ2v) is 9.56. The van der Waals surface area contributed by atoms with Gasteiger partial charge in [-0.05, 0) is 37.0 Å². The summed E-state index contributed by atoms with van der Waals surface area (Å²) in [6.45, 7) is 5.01. The van der Waals surface area contributed by atoms with Crippen LogP contribution in [-0.4, -0.2) is 56.3 Å². The molecule has 1 aromatic rings. The maximum atomic E-state index is 12.4. The molecule has 0 spiro atoms. The fourth-order valence-electron chi connectivity index (χ4n) is 2.14. The van der Waals surface area contributed by atoms with Gasteiger partial charge in [0, 0.05) is 24.5 Å². The summed E-state index contributed by atoms with van der Waals surface area (Å²) in [7, 11) is -3.40. The van der Waals surface area contributed by atoms with Crippen molar-refractivity contribution in [1.29, 1.82) is 0 Å². The summed E-state index contributed by atoms with van der Waals surface area (Å²) >= 11 is 2.92. The highest BCUT2D eigenvalue weighted by atomic mass is 32.2. The lowest BCUT2D eigenvalue weighted by Crippen LogP contribution is -2.41. The van der Waals surface area contributed by atoms with Crippen molar-refractivity contribution in [1.82, 2.24) is 9.62 Å². The number of nitrogens with zero attached hydrogens (tertiary/aromatic N) is 1. The SMILES string of the molecule is CCN(CC)S(=O)(=O)c1ccc(CCNC(=O)[C@@H](N)CCSC)s1. The fraction of sp³-hybridized carbons (Fsp3) is 0.667. The molecule has 0 unspecified atom stereocenters. The molecule has 0 saturated carbocycles. The molecule has 24 heavy (non-hydrogen) atoms. The van der Waals surface area contributed by atoms with Gasteiger partial charge in [-0.15, -0.1) is 11.3 Å². The zero-order valence-corrected chi connectivity index (χ0v) is 16.9. The lowest BCUT2D eigenvalue weighted by molar-refractivity contribution is -0.122. The Morgan fingerprint density at radius 1 is 1.38 bits per heavy atom. The predicted octanol–water partition coefficient (Wildman–Crippen LogP) is 1.52. The first-order valence-corrected chi connectivity index (χ1v) is 11.6. The first-order valence-electron chi connectivity index (χ1n) is 7.97. The second kappa shape index (κ2) is 10.4. The number of nitrogens with one attached hydrogen (secondary N) is 1. The van der Waals surface area contributed by atoms with Crippen molar-refractivity contribution >= 4 is 39.0 Å². The molecule has 3 N–H and O–H groups in total. The molecule has 1 heterocycles. The van der Waals surface area contributed by atoms with E-state index < -0.39 is 16.1 Å². The van der Waals surface area contributed by atoms with E-state index >= 15 is 0 Å². The Morgan fingerprint density at radius 2 is 2.04 bits per heavy atom. The van der Waals surface area contributed by atoms with Gasteiger partial charge in [0.1, 0.15) is 4.21 Å². The topological polar surface area (TPSA) is 92.5 Å². The Morgan fingerprint density at radius 3 is 2.62 bits per heavy atom. The molecule has 1 rings (SSSR count). The minimum Gasteiger partial charge on any atom is -0.354 e. The van der Waals surface area contributed by atoms with E-state index in [0.717, 1.165) is 10.6 Å². The Balaban J connectivity index is 2.55. The molecule has 1 aromatic heterocycles. The summed E-state index contributed by atoms with van der Waals surface area (Å²) in [6.07, 6.45) is 3.23. The molecule has 1 amide bonds. The lowest BCUT2D eigenvalue weighted by Gasteiger charge is -2.16. The zero-order valence-electron chi connectivity index (χ0n) is 14.4. The van der Waals surface area contributed by atoms with Crippen LogP contribution in [0.15, 0.2) is 16.3 Å². The summed E-state index contributed by atoms with van der Waals surface area (Å²) < 4.78 is 26.6.